The van der Waals surface area contributed by atoms with Crippen LogP contribution in [0.25, 0.3) is 0 Å². The van der Waals surface area contributed by atoms with E-state index in [2.05, 4.69) is 15.5 Å². The van der Waals surface area contributed by atoms with E-state index in [1.165, 1.54) is 12.1 Å². The lowest BCUT2D eigenvalue weighted by molar-refractivity contribution is -0.384. The summed E-state index contributed by atoms with van der Waals surface area (Å²) in [6, 6.07) is 6.08. The molecule has 114 valence electrons. The zero-order chi connectivity index (χ0) is 15.1. The van der Waals surface area contributed by atoms with E-state index in [-0.39, 0.29) is 18.0 Å². The molecule has 0 saturated carbocycles. The number of rotatable bonds is 6. The Labute approximate surface area is 123 Å². The van der Waals surface area contributed by atoms with Crippen LogP contribution in [0, 0.1) is 10.1 Å². The number of nitrogens with one attached hydrogen (secondary N) is 2. The molecule has 1 saturated heterocycles. The second-order valence-electron chi connectivity index (χ2n) is 5.04. The fraction of sp³-hybridized carbons (Fsp3) is 0.500. The molecule has 7 heteroatoms. The monoisotopic (exact) mass is 292 g/mol. The number of carbonyl (C=O) groups excluding carboxylic acids is 1. The minimum absolute atomic E-state index is 0.0397. The maximum atomic E-state index is 11.8. The van der Waals surface area contributed by atoms with Crippen molar-refractivity contribution in [2.45, 2.75) is 6.42 Å². The lowest BCUT2D eigenvalue weighted by atomic mass is 10.1. The van der Waals surface area contributed by atoms with E-state index in [1.807, 2.05) is 0 Å². The standard InChI is InChI=1S/C14H20N4O3/c19-14(16-7-10-17-8-5-15-6-9-17)11-12-1-3-13(4-2-12)18(20)21/h1-4,15H,5-11H2,(H,16,19). The molecule has 1 aliphatic rings. The minimum Gasteiger partial charge on any atom is -0.355 e. The number of non-ortho nitro benzene ring substituents is 1. The number of amides is 1. The molecule has 2 rings (SSSR count). The number of piperazine rings is 1. The van der Waals surface area contributed by atoms with Crippen LogP contribution in [0.2, 0.25) is 0 Å². The molecule has 0 atom stereocenters. The predicted molar refractivity (Wildman–Crippen MR) is 79.1 cm³/mol. The molecule has 0 radical (unpaired) electrons. The number of benzene rings is 1. The zero-order valence-corrected chi connectivity index (χ0v) is 11.9. The molecule has 2 N–H and O–H groups in total. The number of nitro groups is 1. The summed E-state index contributed by atoms with van der Waals surface area (Å²) in [4.78, 5) is 24.2. The normalized spacial score (nSPS) is 15.6. The first kappa shape index (κ1) is 15.4. The first-order chi connectivity index (χ1) is 10.1. The molecule has 0 aromatic heterocycles. The summed E-state index contributed by atoms with van der Waals surface area (Å²) < 4.78 is 0. The van der Waals surface area contributed by atoms with Gasteiger partial charge in [0.2, 0.25) is 5.91 Å². The molecule has 1 aromatic rings. The van der Waals surface area contributed by atoms with Crippen molar-refractivity contribution in [3.8, 4) is 0 Å². The third kappa shape index (κ3) is 5.13. The Morgan fingerprint density at radius 1 is 1.29 bits per heavy atom. The third-order valence-corrected chi connectivity index (χ3v) is 3.47. The first-order valence-corrected chi connectivity index (χ1v) is 7.08. The van der Waals surface area contributed by atoms with E-state index >= 15 is 0 Å². The van der Waals surface area contributed by atoms with Crippen molar-refractivity contribution in [2.24, 2.45) is 0 Å². The molecule has 1 fully saturated rings. The van der Waals surface area contributed by atoms with Crippen molar-refractivity contribution in [3.05, 3.63) is 39.9 Å². The molecule has 7 nitrogen and oxygen atoms in total. The zero-order valence-electron chi connectivity index (χ0n) is 11.9. The second-order valence-corrected chi connectivity index (χ2v) is 5.04. The molecule has 1 aliphatic heterocycles. The van der Waals surface area contributed by atoms with Gasteiger partial charge in [-0.1, -0.05) is 12.1 Å². The lowest BCUT2D eigenvalue weighted by Crippen LogP contribution is -2.46. The van der Waals surface area contributed by atoms with Crippen LogP contribution in [-0.2, 0) is 11.2 Å². The Balaban J connectivity index is 1.70. The van der Waals surface area contributed by atoms with Gasteiger partial charge < -0.3 is 10.6 Å². The smallest absolute Gasteiger partial charge is 0.269 e. The predicted octanol–water partition coefficient (Wildman–Crippen LogP) is 0.159. The van der Waals surface area contributed by atoms with Gasteiger partial charge in [0.25, 0.3) is 5.69 Å². The Morgan fingerprint density at radius 3 is 2.57 bits per heavy atom. The highest BCUT2D eigenvalue weighted by Crippen LogP contribution is 2.12. The molecular formula is C14H20N4O3. The highest BCUT2D eigenvalue weighted by molar-refractivity contribution is 5.78. The van der Waals surface area contributed by atoms with Crippen molar-refractivity contribution in [3.63, 3.8) is 0 Å². The largest absolute Gasteiger partial charge is 0.355 e. The minimum atomic E-state index is -0.447. The summed E-state index contributed by atoms with van der Waals surface area (Å²) >= 11 is 0. The van der Waals surface area contributed by atoms with Crippen LogP contribution in [0.15, 0.2) is 24.3 Å². The Morgan fingerprint density at radius 2 is 1.95 bits per heavy atom. The Hall–Kier alpha value is -1.99. The SMILES string of the molecule is O=C(Cc1ccc([N+](=O)[O-])cc1)NCCN1CCNCC1. The molecule has 1 amide bonds. The quantitative estimate of drug-likeness (QED) is 0.576. The van der Waals surface area contributed by atoms with Crippen LogP contribution in [0.4, 0.5) is 5.69 Å². The van der Waals surface area contributed by atoms with Gasteiger partial charge in [0, 0.05) is 51.4 Å². The fourth-order valence-electron chi connectivity index (χ4n) is 2.27. The van der Waals surface area contributed by atoms with Crippen molar-refractivity contribution < 1.29 is 9.72 Å². The summed E-state index contributed by atoms with van der Waals surface area (Å²) in [5, 5.41) is 16.7. The Bertz CT molecular complexity index is 483. The van der Waals surface area contributed by atoms with Crippen LogP contribution in [0.5, 0.6) is 0 Å². The van der Waals surface area contributed by atoms with Crippen LogP contribution in [0.1, 0.15) is 5.56 Å². The number of nitrogens with zero attached hydrogens (tertiary/aromatic N) is 2. The van der Waals surface area contributed by atoms with Gasteiger partial charge >= 0.3 is 0 Å². The highest BCUT2D eigenvalue weighted by Gasteiger charge is 2.10. The molecule has 21 heavy (non-hydrogen) atoms. The summed E-state index contributed by atoms with van der Waals surface area (Å²) in [6.07, 6.45) is 0.250. The molecule has 0 bridgehead atoms. The van der Waals surface area contributed by atoms with Crippen LogP contribution in [-0.4, -0.2) is 55.0 Å². The van der Waals surface area contributed by atoms with Gasteiger partial charge in [0.05, 0.1) is 11.3 Å². The first-order valence-electron chi connectivity index (χ1n) is 7.08. The van der Waals surface area contributed by atoms with Crippen molar-refractivity contribution in [1.29, 1.82) is 0 Å². The number of hydrogen-bond acceptors (Lipinski definition) is 5. The topological polar surface area (TPSA) is 87.5 Å². The van der Waals surface area contributed by atoms with E-state index in [4.69, 9.17) is 0 Å². The van der Waals surface area contributed by atoms with Gasteiger partial charge in [-0.05, 0) is 5.56 Å². The molecule has 0 spiro atoms. The van der Waals surface area contributed by atoms with Crippen molar-refractivity contribution >= 4 is 11.6 Å². The second kappa shape index (κ2) is 7.70. The maximum Gasteiger partial charge on any atom is 0.269 e. The average Bonchev–Trinajstić information content (AvgIpc) is 2.49. The molecule has 0 aliphatic carbocycles. The van der Waals surface area contributed by atoms with Crippen LogP contribution in [0.3, 0.4) is 0 Å². The average molecular weight is 292 g/mol. The maximum absolute atomic E-state index is 11.8. The van der Waals surface area contributed by atoms with Crippen molar-refractivity contribution in [2.75, 3.05) is 39.3 Å². The molecule has 1 aromatic carbocycles. The Kier molecular flexibility index (Phi) is 5.65. The fourth-order valence-corrected chi connectivity index (χ4v) is 2.27. The van der Waals surface area contributed by atoms with Gasteiger partial charge in [-0.2, -0.15) is 0 Å². The number of hydrogen-bond donors (Lipinski definition) is 2. The van der Waals surface area contributed by atoms with E-state index in [0.29, 0.717) is 6.54 Å². The molecule has 1 heterocycles. The summed E-state index contributed by atoms with van der Waals surface area (Å²) in [6.45, 7) is 5.50. The van der Waals surface area contributed by atoms with Crippen LogP contribution < -0.4 is 10.6 Å². The van der Waals surface area contributed by atoms with E-state index in [1.54, 1.807) is 12.1 Å². The van der Waals surface area contributed by atoms with Gasteiger partial charge in [-0.3, -0.25) is 19.8 Å². The summed E-state index contributed by atoms with van der Waals surface area (Å²) in [5.41, 5.74) is 0.818. The third-order valence-electron chi connectivity index (χ3n) is 3.47. The lowest BCUT2D eigenvalue weighted by Gasteiger charge is -2.27. The number of nitro benzene ring substituents is 1. The van der Waals surface area contributed by atoms with Gasteiger partial charge in [-0.25, -0.2) is 0 Å². The highest BCUT2D eigenvalue weighted by atomic mass is 16.6. The van der Waals surface area contributed by atoms with Crippen molar-refractivity contribution in [1.82, 2.24) is 15.5 Å². The van der Waals surface area contributed by atoms with Gasteiger partial charge in [0.15, 0.2) is 0 Å². The molecule has 0 unspecified atom stereocenters. The number of carbonyl (C=O) groups is 1. The van der Waals surface area contributed by atoms with E-state index < -0.39 is 4.92 Å². The summed E-state index contributed by atoms with van der Waals surface area (Å²) in [7, 11) is 0. The van der Waals surface area contributed by atoms with Gasteiger partial charge in [-0.15, -0.1) is 0 Å². The summed E-state index contributed by atoms with van der Waals surface area (Å²) in [5.74, 6) is -0.0565. The molecular weight excluding hydrogens is 272 g/mol. The van der Waals surface area contributed by atoms with E-state index in [9.17, 15) is 14.9 Å². The van der Waals surface area contributed by atoms with Gasteiger partial charge in [0.1, 0.15) is 0 Å². The van der Waals surface area contributed by atoms with Crippen LogP contribution >= 0.6 is 0 Å². The van der Waals surface area contributed by atoms with E-state index in [0.717, 1.165) is 38.3 Å².